The number of rotatable bonds is 6. The number of carbonyl (C=O) groups excluding carboxylic acids is 1. The second-order valence-electron chi connectivity index (χ2n) is 4.43. The number of aliphatic hydroxyl groups excluding tert-OH is 3. The molecule has 0 bridgehead atoms. The number of carbonyl (C=O) groups is 1. The van der Waals surface area contributed by atoms with Gasteiger partial charge in [-0.2, -0.15) is 0 Å². The van der Waals surface area contributed by atoms with E-state index in [0.29, 0.717) is 0 Å². The van der Waals surface area contributed by atoms with Crippen molar-refractivity contribution in [3.63, 3.8) is 0 Å². The molecule has 1 amide bonds. The molecule has 0 radical (unpaired) electrons. The molecule has 0 saturated carbocycles. The fourth-order valence-corrected chi connectivity index (χ4v) is 2.07. The summed E-state index contributed by atoms with van der Waals surface area (Å²) in [5, 5.41) is 34.6. The molecular formula is C10H17N3O6S. The SMILES string of the molecule is Cn1cc(S(N)(=O)=O)cc1C(=O)NC(CO)(CO)CO. The van der Waals surface area contributed by atoms with Crippen LogP contribution in [-0.4, -0.2) is 59.6 Å². The maximum Gasteiger partial charge on any atom is 0.268 e. The summed E-state index contributed by atoms with van der Waals surface area (Å²) in [6, 6.07) is 1.06. The molecule has 6 N–H and O–H groups in total. The van der Waals surface area contributed by atoms with Gasteiger partial charge in [0.1, 0.15) is 16.1 Å². The van der Waals surface area contributed by atoms with E-state index in [4.69, 9.17) is 20.5 Å². The number of nitrogens with zero attached hydrogens (tertiary/aromatic N) is 1. The number of aromatic nitrogens is 1. The molecule has 9 nitrogen and oxygen atoms in total. The fraction of sp³-hybridized carbons (Fsp3) is 0.500. The Hall–Kier alpha value is -1.46. The van der Waals surface area contributed by atoms with E-state index in [1.165, 1.54) is 11.6 Å². The van der Waals surface area contributed by atoms with Gasteiger partial charge in [-0.05, 0) is 6.07 Å². The maximum atomic E-state index is 12.0. The molecule has 114 valence electrons. The number of aryl methyl sites for hydroxylation is 1. The molecule has 0 aliphatic heterocycles. The first kappa shape index (κ1) is 16.6. The number of nitrogens with two attached hydrogens (primary N) is 1. The Morgan fingerprint density at radius 1 is 1.35 bits per heavy atom. The van der Waals surface area contributed by atoms with Gasteiger partial charge in [0, 0.05) is 13.2 Å². The van der Waals surface area contributed by atoms with E-state index in [2.05, 4.69) is 5.32 Å². The highest BCUT2D eigenvalue weighted by Crippen LogP contribution is 2.13. The third kappa shape index (κ3) is 3.35. The lowest BCUT2D eigenvalue weighted by Crippen LogP contribution is -2.57. The van der Waals surface area contributed by atoms with Gasteiger partial charge >= 0.3 is 0 Å². The lowest BCUT2D eigenvalue weighted by Gasteiger charge is -2.28. The first-order valence-corrected chi connectivity index (χ1v) is 7.08. The van der Waals surface area contributed by atoms with Crippen LogP contribution in [0.3, 0.4) is 0 Å². The lowest BCUT2D eigenvalue weighted by atomic mass is 10.0. The predicted molar refractivity (Wildman–Crippen MR) is 68.2 cm³/mol. The summed E-state index contributed by atoms with van der Waals surface area (Å²) in [5.41, 5.74) is -1.64. The van der Waals surface area contributed by atoms with Gasteiger partial charge in [-0.25, -0.2) is 13.6 Å². The summed E-state index contributed by atoms with van der Waals surface area (Å²) in [6.07, 6.45) is 1.16. The number of hydrogen-bond acceptors (Lipinski definition) is 6. The summed E-state index contributed by atoms with van der Waals surface area (Å²) in [5.74, 6) is -0.764. The molecule has 0 aromatic carbocycles. The third-order valence-electron chi connectivity index (χ3n) is 2.83. The molecule has 0 saturated heterocycles. The Bertz CT molecular complexity index is 582. The summed E-state index contributed by atoms with van der Waals surface area (Å²) in [4.78, 5) is 11.8. The van der Waals surface area contributed by atoms with Gasteiger partial charge in [-0.15, -0.1) is 0 Å². The van der Waals surface area contributed by atoms with Crippen molar-refractivity contribution < 1.29 is 28.5 Å². The average molecular weight is 307 g/mol. The Morgan fingerprint density at radius 2 is 1.85 bits per heavy atom. The molecule has 10 heteroatoms. The standard InChI is InChI=1S/C10H17N3O6S/c1-13-3-7(20(11,18)19)2-8(13)9(17)12-10(4-14,5-15)6-16/h2-3,14-16H,4-6H2,1H3,(H,12,17)(H2,11,18,19). The quantitative estimate of drug-likeness (QED) is 0.380. The zero-order chi connectivity index (χ0) is 15.6. The molecule has 20 heavy (non-hydrogen) atoms. The minimum Gasteiger partial charge on any atom is -0.394 e. The van der Waals surface area contributed by atoms with Crippen LogP contribution in [0.15, 0.2) is 17.2 Å². The van der Waals surface area contributed by atoms with Crippen molar-refractivity contribution in [2.45, 2.75) is 10.4 Å². The molecule has 0 unspecified atom stereocenters. The average Bonchev–Trinajstić information content (AvgIpc) is 2.78. The number of nitrogens with one attached hydrogen (secondary N) is 1. The molecule has 1 rings (SSSR count). The molecule has 0 spiro atoms. The van der Waals surface area contributed by atoms with E-state index in [1.54, 1.807) is 0 Å². The summed E-state index contributed by atoms with van der Waals surface area (Å²) >= 11 is 0. The van der Waals surface area contributed by atoms with Crippen LogP contribution in [0.5, 0.6) is 0 Å². The smallest absolute Gasteiger partial charge is 0.268 e. The van der Waals surface area contributed by atoms with Crippen LogP contribution >= 0.6 is 0 Å². The summed E-state index contributed by atoms with van der Waals surface area (Å²) < 4.78 is 23.6. The van der Waals surface area contributed by atoms with Crippen molar-refractivity contribution in [2.75, 3.05) is 19.8 Å². The topological polar surface area (TPSA) is 155 Å². The molecule has 0 fully saturated rings. The second-order valence-corrected chi connectivity index (χ2v) is 5.99. The Kier molecular flexibility index (Phi) is 4.89. The van der Waals surface area contributed by atoms with Crippen LogP contribution in [0.2, 0.25) is 0 Å². The van der Waals surface area contributed by atoms with Crippen molar-refractivity contribution in [3.8, 4) is 0 Å². The maximum absolute atomic E-state index is 12.0. The number of amides is 1. The largest absolute Gasteiger partial charge is 0.394 e. The molecule has 1 heterocycles. The van der Waals surface area contributed by atoms with Crippen molar-refractivity contribution in [1.82, 2.24) is 9.88 Å². The number of primary sulfonamides is 1. The number of aliphatic hydroxyl groups is 3. The van der Waals surface area contributed by atoms with E-state index in [-0.39, 0.29) is 10.6 Å². The molecule has 0 aliphatic rings. The highest BCUT2D eigenvalue weighted by atomic mass is 32.2. The van der Waals surface area contributed by atoms with E-state index < -0.39 is 41.3 Å². The monoisotopic (exact) mass is 307 g/mol. The fourth-order valence-electron chi connectivity index (χ4n) is 1.49. The van der Waals surface area contributed by atoms with Gasteiger partial charge in [-0.3, -0.25) is 4.79 Å². The number of sulfonamides is 1. The lowest BCUT2D eigenvalue weighted by molar-refractivity contribution is 0.0371. The van der Waals surface area contributed by atoms with Gasteiger partial charge in [0.2, 0.25) is 10.0 Å². The van der Waals surface area contributed by atoms with Crippen molar-refractivity contribution in [2.24, 2.45) is 12.2 Å². The Balaban J connectivity index is 3.08. The van der Waals surface area contributed by atoms with Crippen LogP contribution < -0.4 is 10.5 Å². The van der Waals surface area contributed by atoms with Crippen LogP contribution in [0, 0.1) is 0 Å². The van der Waals surface area contributed by atoms with Crippen molar-refractivity contribution in [3.05, 3.63) is 18.0 Å². The minimum absolute atomic E-state index is 0.0475. The molecule has 1 aromatic rings. The molecule has 0 atom stereocenters. The third-order valence-corrected chi connectivity index (χ3v) is 3.71. The minimum atomic E-state index is -3.95. The second kappa shape index (κ2) is 5.89. The normalized spacial score (nSPS) is 12.4. The first-order valence-electron chi connectivity index (χ1n) is 5.53. The molecule has 1 aromatic heterocycles. The van der Waals surface area contributed by atoms with Gasteiger partial charge < -0.3 is 25.2 Å². The van der Waals surface area contributed by atoms with Gasteiger partial charge in [0.05, 0.1) is 19.8 Å². The molecule has 0 aliphatic carbocycles. The zero-order valence-electron chi connectivity index (χ0n) is 10.8. The van der Waals surface area contributed by atoms with Crippen LogP contribution in [0.1, 0.15) is 10.5 Å². The molecular weight excluding hydrogens is 290 g/mol. The van der Waals surface area contributed by atoms with Crippen LogP contribution in [0.4, 0.5) is 0 Å². The van der Waals surface area contributed by atoms with E-state index in [0.717, 1.165) is 12.3 Å². The van der Waals surface area contributed by atoms with Crippen molar-refractivity contribution >= 4 is 15.9 Å². The van der Waals surface area contributed by atoms with Gasteiger partial charge in [0.15, 0.2) is 0 Å². The summed E-state index contributed by atoms with van der Waals surface area (Å²) in [7, 11) is -2.51. The summed E-state index contributed by atoms with van der Waals surface area (Å²) in [6.45, 7) is -2.05. The van der Waals surface area contributed by atoms with E-state index in [9.17, 15) is 13.2 Å². The first-order chi connectivity index (χ1) is 9.19. The van der Waals surface area contributed by atoms with Crippen molar-refractivity contribution in [1.29, 1.82) is 0 Å². The Morgan fingerprint density at radius 3 is 2.20 bits per heavy atom. The highest BCUT2D eigenvalue weighted by molar-refractivity contribution is 7.89. The van der Waals surface area contributed by atoms with Crippen LogP contribution in [0.25, 0.3) is 0 Å². The predicted octanol–water partition coefficient (Wildman–Crippen LogP) is -2.88. The van der Waals surface area contributed by atoms with Crippen LogP contribution in [-0.2, 0) is 17.1 Å². The zero-order valence-corrected chi connectivity index (χ0v) is 11.6. The van der Waals surface area contributed by atoms with Gasteiger partial charge in [0.25, 0.3) is 5.91 Å². The van der Waals surface area contributed by atoms with E-state index in [1.807, 2.05) is 0 Å². The van der Waals surface area contributed by atoms with E-state index >= 15 is 0 Å². The highest BCUT2D eigenvalue weighted by Gasteiger charge is 2.31. The van der Waals surface area contributed by atoms with Gasteiger partial charge in [-0.1, -0.05) is 0 Å². The Labute approximate surface area is 115 Å². The number of hydrogen-bond donors (Lipinski definition) is 5.